The van der Waals surface area contributed by atoms with Crippen molar-refractivity contribution in [3.05, 3.63) is 65.2 Å². The molecule has 32 heavy (non-hydrogen) atoms. The van der Waals surface area contributed by atoms with Gasteiger partial charge >= 0.3 is 0 Å². The molecule has 2 aromatic rings. The van der Waals surface area contributed by atoms with Crippen LogP contribution in [0, 0.1) is 41.0 Å². The minimum absolute atomic E-state index is 0.0325. The molecule has 0 radical (unpaired) electrons. The zero-order chi connectivity index (χ0) is 22.2. The number of rotatable bonds is 4. The molecule has 1 aliphatic heterocycles. The van der Waals surface area contributed by atoms with E-state index in [1.807, 2.05) is 0 Å². The van der Waals surface area contributed by atoms with Crippen LogP contribution in [0.4, 0.5) is 17.6 Å². The van der Waals surface area contributed by atoms with E-state index in [-0.39, 0.29) is 23.3 Å². The fraction of sp³-hybridized carbons (Fsp3) is 0.462. The standard InChI is InChI=1S/C26H26F4O2/c27-22-10-18(8-9-21(22)19-11-23(28)25(30)24(29)12-19)16-4-6-17(7-5-16)26-31-13-20(14-32-26)15-2-1-3-15/h4,8-12,15,17,20,26H,1-3,5-7,13-14H2. The smallest absolute Gasteiger partial charge is 0.194 e. The lowest BCUT2D eigenvalue weighted by atomic mass is 9.76. The van der Waals surface area contributed by atoms with Crippen molar-refractivity contribution >= 4 is 5.57 Å². The maximum absolute atomic E-state index is 14.8. The Morgan fingerprint density at radius 1 is 0.719 bits per heavy atom. The van der Waals surface area contributed by atoms with E-state index in [0.717, 1.165) is 61.7 Å². The molecule has 0 N–H and O–H groups in total. The average molecular weight is 446 g/mol. The summed E-state index contributed by atoms with van der Waals surface area (Å²) in [6.07, 6.45) is 8.29. The summed E-state index contributed by atoms with van der Waals surface area (Å²) < 4.78 is 67.1. The fourth-order valence-electron chi connectivity index (χ4n) is 5.01. The highest BCUT2D eigenvalue weighted by Gasteiger charge is 2.35. The summed E-state index contributed by atoms with van der Waals surface area (Å²) in [6.45, 7) is 1.55. The predicted molar refractivity (Wildman–Crippen MR) is 114 cm³/mol. The van der Waals surface area contributed by atoms with Gasteiger partial charge in [-0.15, -0.1) is 0 Å². The third-order valence-corrected chi connectivity index (χ3v) is 7.24. The molecule has 1 heterocycles. The Kier molecular flexibility index (Phi) is 6.08. The number of ether oxygens (including phenoxy) is 2. The largest absolute Gasteiger partial charge is 0.352 e. The molecule has 2 aliphatic carbocycles. The van der Waals surface area contributed by atoms with Gasteiger partial charge in [0.25, 0.3) is 0 Å². The summed E-state index contributed by atoms with van der Waals surface area (Å²) in [5.74, 6) is -3.26. The number of hydrogen-bond donors (Lipinski definition) is 0. The minimum atomic E-state index is -1.56. The number of hydrogen-bond acceptors (Lipinski definition) is 2. The van der Waals surface area contributed by atoms with E-state index in [0.29, 0.717) is 5.92 Å². The van der Waals surface area contributed by atoms with Gasteiger partial charge in [-0.05, 0) is 60.1 Å². The maximum atomic E-state index is 14.8. The van der Waals surface area contributed by atoms with Crippen molar-refractivity contribution < 1.29 is 27.0 Å². The van der Waals surface area contributed by atoms with Gasteiger partial charge in [0.05, 0.1) is 13.2 Å². The van der Waals surface area contributed by atoms with Crippen molar-refractivity contribution in [1.29, 1.82) is 0 Å². The van der Waals surface area contributed by atoms with Crippen LogP contribution in [0.1, 0.15) is 44.1 Å². The maximum Gasteiger partial charge on any atom is 0.194 e. The Balaban J connectivity index is 1.24. The van der Waals surface area contributed by atoms with E-state index in [9.17, 15) is 17.6 Å². The second-order valence-electron chi connectivity index (χ2n) is 9.20. The summed E-state index contributed by atoms with van der Waals surface area (Å²) in [5, 5.41) is 0. The first-order valence-electron chi connectivity index (χ1n) is 11.4. The lowest BCUT2D eigenvalue weighted by Gasteiger charge is -2.40. The summed E-state index contributed by atoms with van der Waals surface area (Å²) >= 11 is 0. The number of benzene rings is 2. The molecular weight excluding hydrogens is 420 g/mol. The molecule has 1 unspecified atom stereocenters. The first-order chi connectivity index (χ1) is 15.5. The zero-order valence-corrected chi connectivity index (χ0v) is 17.8. The van der Waals surface area contributed by atoms with Crippen molar-refractivity contribution in [2.24, 2.45) is 17.8 Å². The van der Waals surface area contributed by atoms with E-state index >= 15 is 0 Å². The Morgan fingerprint density at radius 3 is 1.97 bits per heavy atom. The van der Waals surface area contributed by atoms with Crippen molar-refractivity contribution in [1.82, 2.24) is 0 Å². The Morgan fingerprint density at radius 2 is 1.41 bits per heavy atom. The fourth-order valence-corrected chi connectivity index (χ4v) is 5.01. The average Bonchev–Trinajstić information content (AvgIpc) is 2.76. The lowest BCUT2D eigenvalue weighted by Crippen LogP contribution is -2.41. The molecule has 3 aliphatic rings. The molecule has 0 spiro atoms. The van der Waals surface area contributed by atoms with Gasteiger partial charge in [-0.3, -0.25) is 0 Å². The van der Waals surface area contributed by atoms with E-state index in [4.69, 9.17) is 9.47 Å². The SMILES string of the molecule is Fc1cc(C2=CCC(C3OCC(C4CCC4)CO3)CC2)ccc1-c1cc(F)c(F)c(F)c1. The van der Waals surface area contributed by atoms with E-state index in [2.05, 4.69) is 6.08 Å². The molecule has 5 rings (SSSR count). The van der Waals surface area contributed by atoms with Crippen molar-refractivity contribution in [2.75, 3.05) is 13.2 Å². The van der Waals surface area contributed by atoms with Crippen LogP contribution in [0.3, 0.4) is 0 Å². The summed E-state index contributed by atoms with van der Waals surface area (Å²) in [7, 11) is 0. The highest BCUT2D eigenvalue weighted by atomic mass is 19.2. The van der Waals surface area contributed by atoms with Gasteiger partial charge < -0.3 is 9.47 Å². The van der Waals surface area contributed by atoms with E-state index < -0.39 is 23.3 Å². The monoisotopic (exact) mass is 446 g/mol. The summed E-state index contributed by atoms with van der Waals surface area (Å²) in [4.78, 5) is 0. The van der Waals surface area contributed by atoms with Gasteiger partial charge in [0, 0.05) is 17.4 Å². The molecule has 6 heteroatoms. The van der Waals surface area contributed by atoms with Crippen LogP contribution in [0.5, 0.6) is 0 Å². The van der Waals surface area contributed by atoms with Crippen LogP contribution in [0.25, 0.3) is 16.7 Å². The van der Waals surface area contributed by atoms with Gasteiger partial charge in [-0.1, -0.05) is 37.5 Å². The van der Waals surface area contributed by atoms with Crippen LogP contribution < -0.4 is 0 Å². The highest BCUT2D eigenvalue weighted by Crippen LogP contribution is 2.39. The highest BCUT2D eigenvalue weighted by molar-refractivity contribution is 5.71. The minimum Gasteiger partial charge on any atom is -0.352 e. The van der Waals surface area contributed by atoms with Crippen molar-refractivity contribution in [3.63, 3.8) is 0 Å². The third kappa shape index (κ3) is 4.23. The van der Waals surface area contributed by atoms with Crippen LogP contribution >= 0.6 is 0 Å². The number of allylic oxidation sites excluding steroid dienone is 2. The molecule has 1 atom stereocenters. The lowest BCUT2D eigenvalue weighted by molar-refractivity contribution is -0.235. The molecule has 1 saturated heterocycles. The number of halogens is 4. The van der Waals surface area contributed by atoms with Crippen LogP contribution in [0.15, 0.2) is 36.4 Å². The molecule has 170 valence electrons. The Labute approximate surface area is 185 Å². The van der Waals surface area contributed by atoms with Crippen molar-refractivity contribution in [3.8, 4) is 11.1 Å². The van der Waals surface area contributed by atoms with Crippen molar-refractivity contribution in [2.45, 2.75) is 44.8 Å². The van der Waals surface area contributed by atoms with E-state index in [1.165, 1.54) is 31.4 Å². The molecule has 1 saturated carbocycles. The zero-order valence-electron chi connectivity index (χ0n) is 17.8. The molecule has 0 amide bonds. The molecular formula is C26H26F4O2. The van der Waals surface area contributed by atoms with Gasteiger partial charge in [0.15, 0.2) is 23.7 Å². The quantitative estimate of drug-likeness (QED) is 0.376. The van der Waals surface area contributed by atoms with Gasteiger partial charge in [0.1, 0.15) is 5.82 Å². The normalized spacial score (nSPS) is 26.5. The van der Waals surface area contributed by atoms with Crippen LogP contribution in [0.2, 0.25) is 0 Å². The molecule has 2 aromatic carbocycles. The Hall–Kier alpha value is -2.18. The topological polar surface area (TPSA) is 18.5 Å². The van der Waals surface area contributed by atoms with Gasteiger partial charge in [-0.25, -0.2) is 17.6 Å². The second kappa shape index (κ2) is 8.99. The predicted octanol–water partition coefficient (Wildman–Crippen LogP) is 6.88. The van der Waals surface area contributed by atoms with Gasteiger partial charge in [0.2, 0.25) is 0 Å². The van der Waals surface area contributed by atoms with Crippen LogP contribution in [-0.4, -0.2) is 19.5 Å². The van der Waals surface area contributed by atoms with Crippen LogP contribution in [-0.2, 0) is 9.47 Å². The molecule has 2 fully saturated rings. The first kappa shape index (κ1) is 21.7. The summed E-state index contributed by atoms with van der Waals surface area (Å²) in [6, 6.07) is 6.21. The molecule has 0 aromatic heterocycles. The summed E-state index contributed by atoms with van der Waals surface area (Å²) in [5.41, 5.74) is 1.77. The Bertz CT molecular complexity index is 999. The first-order valence-corrected chi connectivity index (χ1v) is 11.4. The third-order valence-electron chi connectivity index (χ3n) is 7.24. The second-order valence-corrected chi connectivity index (χ2v) is 9.20. The molecule has 0 bridgehead atoms. The van der Waals surface area contributed by atoms with E-state index in [1.54, 1.807) is 6.07 Å². The molecule has 2 nitrogen and oxygen atoms in total. The van der Waals surface area contributed by atoms with Gasteiger partial charge in [-0.2, -0.15) is 0 Å².